The molecule has 0 aromatic heterocycles. The molecule has 1 amide bonds. The van der Waals surface area contributed by atoms with Crippen molar-refractivity contribution in [1.82, 2.24) is 5.01 Å². The summed E-state index contributed by atoms with van der Waals surface area (Å²) < 4.78 is 15.0. The van der Waals surface area contributed by atoms with Gasteiger partial charge >= 0.3 is 0 Å². The molecule has 2 rings (SSSR count). The third-order valence-electron chi connectivity index (χ3n) is 4.07. The molecule has 0 spiro atoms. The molecule has 0 fully saturated rings. The highest BCUT2D eigenvalue weighted by molar-refractivity contribution is 9.10. The number of hydrogen-bond acceptors (Lipinski definition) is 3. The molecule has 0 bridgehead atoms. The van der Waals surface area contributed by atoms with Gasteiger partial charge in [0.25, 0.3) is 0 Å². The molecule has 0 aliphatic carbocycles. The van der Waals surface area contributed by atoms with Crippen LogP contribution in [0.4, 0.5) is 10.1 Å². The van der Waals surface area contributed by atoms with Crippen LogP contribution >= 0.6 is 15.9 Å². The first-order valence-electron chi connectivity index (χ1n) is 8.72. The molecule has 2 aromatic rings. The summed E-state index contributed by atoms with van der Waals surface area (Å²) in [6.45, 7) is 7.71. The lowest BCUT2D eigenvalue weighted by molar-refractivity contribution is -0.116. The van der Waals surface area contributed by atoms with Gasteiger partial charge in [-0.1, -0.05) is 56.8 Å². The average molecular weight is 432 g/mol. The maximum atomic E-state index is 14.7. The Hall–Kier alpha value is -2.47. The lowest BCUT2D eigenvalue weighted by Gasteiger charge is -2.17. The van der Waals surface area contributed by atoms with Crippen molar-refractivity contribution < 1.29 is 9.18 Å². The molecule has 0 aliphatic rings. The maximum Gasteiger partial charge on any atom is 0.246 e. The van der Waals surface area contributed by atoms with Gasteiger partial charge in [-0.25, -0.2) is 4.39 Å². The Bertz CT molecular complexity index is 824. The fourth-order valence-corrected chi connectivity index (χ4v) is 2.64. The average Bonchev–Trinajstić information content (AvgIpc) is 2.69. The van der Waals surface area contributed by atoms with Crippen LogP contribution in [0.3, 0.4) is 0 Å². The molecular weight excluding hydrogens is 409 g/mol. The molecule has 0 aliphatic heterocycles. The molecular formula is C21H23BrFN3O. The number of nitrogens with one attached hydrogen (secondary N) is 1. The summed E-state index contributed by atoms with van der Waals surface area (Å²) in [5.41, 5.74) is 1.56. The predicted octanol–water partition coefficient (Wildman–Crippen LogP) is 5.67. The summed E-state index contributed by atoms with van der Waals surface area (Å²) in [5, 5.41) is 8.35. The van der Waals surface area contributed by atoms with Crippen molar-refractivity contribution in [3.05, 3.63) is 65.5 Å². The number of benzene rings is 2. The molecule has 0 saturated carbocycles. The van der Waals surface area contributed by atoms with Gasteiger partial charge in [0.1, 0.15) is 6.54 Å². The minimum absolute atomic E-state index is 0.0589. The van der Waals surface area contributed by atoms with Crippen molar-refractivity contribution in [2.24, 2.45) is 11.0 Å². The molecule has 1 atom stereocenters. The molecule has 0 radical (unpaired) electrons. The molecule has 6 heteroatoms. The van der Waals surface area contributed by atoms with Crippen molar-refractivity contribution >= 4 is 33.7 Å². The molecule has 1 N–H and O–H groups in total. The van der Waals surface area contributed by atoms with Crippen molar-refractivity contribution in [2.75, 3.05) is 11.9 Å². The Morgan fingerprint density at radius 3 is 2.67 bits per heavy atom. The van der Waals surface area contributed by atoms with E-state index < -0.39 is 5.82 Å². The number of amides is 1. The van der Waals surface area contributed by atoms with E-state index in [9.17, 15) is 9.18 Å². The van der Waals surface area contributed by atoms with Gasteiger partial charge < -0.3 is 5.32 Å². The zero-order valence-corrected chi connectivity index (χ0v) is 17.0. The van der Waals surface area contributed by atoms with E-state index in [1.807, 2.05) is 37.3 Å². The highest BCUT2D eigenvalue weighted by Gasteiger charge is 2.17. The van der Waals surface area contributed by atoms with Gasteiger partial charge in [0.05, 0.1) is 10.2 Å². The van der Waals surface area contributed by atoms with Gasteiger partial charge in [-0.15, -0.1) is 0 Å². The van der Waals surface area contributed by atoms with E-state index in [0.29, 0.717) is 11.5 Å². The summed E-state index contributed by atoms with van der Waals surface area (Å²) in [6.07, 6.45) is 4.18. The minimum Gasteiger partial charge on any atom is -0.321 e. The lowest BCUT2D eigenvalue weighted by Crippen LogP contribution is -2.27. The van der Waals surface area contributed by atoms with E-state index >= 15 is 0 Å². The SMILES string of the molecule is C=CN(CC(=O)Nc1c(-c2ccccc2)ccc(Br)c1F)/N=C\C(C)CC. The second kappa shape index (κ2) is 10.0. The largest absolute Gasteiger partial charge is 0.321 e. The number of nitrogens with zero attached hydrogens (tertiary/aromatic N) is 2. The number of carbonyl (C=O) groups excluding carboxylic acids is 1. The van der Waals surface area contributed by atoms with Crippen molar-refractivity contribution in [3.8, 4) is 11.1 Å². The zero-order chi connectivity index (χ0) is 19.8. The fourth-order valence-electron chi connectivity index (χ4n) is 2.31. The summed E-state index contributed by atoms with van der Waals surface area (Å²) in [4.78, 5) is 12.5. The van der Waals surface area contributed by atoms with Crippen LogP contribution in [-0.4, -0.2) is 23.7 Å². The van der Waals surface area contributed by atoms with Crippen LogP contribution in [0.15, 0.2) is 64.8 Å². The molecule has 4 nitrogen and oxygen atoms in total. The number of carbonyl (C=O) groups is 1. The Kier molecular flexibility index (Phi) is 7.73. The number of hydrogen-bond donors (Lipinski definition) is 1. The predicted molar refractivity (Wildman–Crippen MR) is 113 cm³/mol. The summed E-state index contributed by atoms with van der Waals surface area (Å²) in [5.74, 6) is -0.605. The first-order valence-corrected chi connectivity index (χ1v) is 9.52. The molecule has 0 heterocycles. The monoisotopic (exact) mass is 431 g/mol. The fraction of sp³-hybridized carbons (Fsp3) is 0.238. The third-order valence-corrected chi connectivity index (χ3v) is 4.69. The Balaban J connectivity index is 2.23. The van der Waals surface area contributed by atoms with Gasteiger partial charge in [-0.05, 0) is 39.9 Å². The normalized spacial score (nSPS) is 12.0. The smallest absolute Gasteiger partial charge is 0.246 e. The van der Waals surface area contributed by atoms with E-state index in [4.69, 9.17) is 0 Å². The van der Waals surface area contributed by atoms with E-state index in [1.165, 1.54) is 11.2 Å². The lowest BCUT2D eigenvalue weighted by atomic mass is 10.0. The van der Waals surface area contributed by atoms with Crippen LogP contribution in [0.2, 0.25) is 0 Å². The second-order valence-electron chi connectivity index (χ2n) is 6.13. The van der Waals surface area contributed by atoms with E-state index in [1.54, 1.807) is 18.3 Å². The van der Waals surface area contributed by atoms with Gasteiger partial charge in [0, 0.05) is 18.0 Å². The summed E-state index contributed by atoms with van der Waals surface area (Å²) >= 11 is 3.18. The van der Waals surface area contributed by atoms with Crippen LogP contribution in [-0.2, 0) is 4.79 Å². The Labute approximate surface area is 167 Å². The number of rotatable bonds is 8. The van der Waals surface area contributed by atoms with Crippen LogP contribution in [0.5, 0.6) is 0 Å². The Morgan fingerprint density at radius 1 is 1.33 bits per heavy atom. The van der Waals surface area contributed by atoms with E-state index in [0.717, 1.165) is 12.0 Å². The van der Waals surface area contributed by atoms with Crippen LogP contribution in [0.25, 0.3) is 11.1 Å². The van der Waals surface area contributed by atoms with Gasteiger partial charge in [0.15, 0.2) is 5.82 Å². The van der Waals surface area contributed by atoms with Gasteiger partial charge in [0.2, 0.25) is 5.91 Å². The quantitative estimate of drug-likeness (QED) is 0.432. The van der Waals surface area contributed by atoms with Gasteiger partial charge in [-0.2, -0.15) is 5.10 Å². The van der Waals surface area contributed by atoms with Crippen LogP contribution in [0, 0.1) is 11.7 Å². The highest BCUT2D eigenvalue weighted by Crippen LogP contribution is 2.34. The van der Waals surface area contributed by atoms with E-state index in [-0.39, 0.29) is 22.6 Å². The third kappa shape index (κ3) is 5.76. The number of halogens is 2. The van der Waals surface area contributed by atoms with Crippen LogP contribution in [0.1, 0.15) is 20.3 Å². The molecule has 1 unspecified atom stereocenters. The Morgan fingerprint density at radius 2 is 2.04 bits per heavy atom. The maximum absolute atomic E-state index is 14.7. The standard InChI is InChI=1S/C21H23BrFN3O/c1-4-15(3)13-24-26(5-2)14-19(27)25-21-17(11-12-18(22)20(21)23)16-9-7-6-8-10-16/h5-13,15H,2,4,14H2,1,3H3,(H,25,27)/b24-13-. The molecule has 2 aromatic carbocycles. The van der Waals surface area contributed by atoms with Gasteiger partial charge in [-0.3, -0.25) is 9.80 Å². The number of hydrazone groups is 1. The first-order chi connectivity index (χ1) is 13.0. The van der Waals surface area contributed by atoms with Crippen molar-refractivity contribution in [2.45, 2.75) is 20.3 Å². The van der Waals surface area contributed by atoms with Crippen molar-refractivity contribution in [3.63, 3.8) is 0 Å². The molecule has 0 saturated heterocycles. The minimum atomic E-state index is -0.516. The van der Waals surface area contributed by atoms with E-state index in [2.05, 4.69) is 39.9 Å². The molecule has 142 valence electrons. The highest BCUT2D eigenvalue weighted by atomic mass is 79.9. The van der Waals surface area contributed by atoms with Crippen LogP contribution < -0.4 is 5.32 Å². The second-order valence-corrected chi connectivity index (χ2v) is 6.98. The molecule has 27 heavy (non-hydrogen) atoms. The topological polar surface area (TPSA) is 44.7 Å². The van der Waals surface area contributed by atoms with Crippen molar-refractivity contribution in [1.29, 1.82) is 0 Å². The number of anilines is 1. The summed E-state index contributed by atoms with van der Waals surface area (Å²) in [7, 11) is 0. The summed E-state index contributed by atoms with van der Waals surface area (Å²) in [6, 6.07) is 12.7. The zero-order valence-electron chi connectivity index (χ0n) is 15.5. The first kappa shape index (κ1) is 20.8.